The molecule has 1 aliphatic carbocycles. The summed E-state index contributed by atoms with van der Waals surface area (Å²) in [6, 6.07) is 8.52. The van der Waals surface area contributed by atoms with Crippen LogP contribution >= 0.6 is 15.9 Å². The number of carbonyl (C=O) groups excluding carboxylic acids is 1. The molecule has 1 saturated carbocycles. The van der Waals surface area contributed by atoms with E-state index in [-0.39, 0.29) is 5.91 Å². The van der Waals surface area contributed by atoms with E-state index < -0.39 is 0 Å². The number of carbonyl (C=O) groups is 1. The highest BCUT2D eigenvalue weighted by atomic mass is 79.9. The van der Waals surface area contributed by atoms with E-state index in [9.17, 15) is 4.79 Å². The number of halogens is 1. The Morgan fingerprint density at radius 2 is 1.78 bits per heavy atom. The number of amides is 1. The van der Waals surface area contributed by atoms with Crippen molar-refractivity contribution >= 4 is 27.5 Å². The highest BCUT2D eigenvalue weighted by molar-refractivity contribution is 9.10. The molecule has 1 amide bonds. The van der Waals surface area contributed by atoms with Gasteiger partial charge in [0, 0.05) is 29.2 Å². The summed E-state index contributed by atoms with van der Waals surface area (Å²) in [5, 5.41) is 0. The molecule has 2 rings (SSSR count). The van der Waals surface area contributed by atoms with E-state index in [0.29, 0.717) is 12.1 Å². The molecule has 0 unspecified atom stereocenters. The van der Waals surface area contributed by atoms with Gasteiger partial charge in [-0.2, -0.15) is 0 Å². The van der Waals surface area contributed by atoms with Crippen molar-refractivity contribution in [1.82, 2.24) is 0 Å². The van der Waals surface area contributed by atoms with E-state index >= 15 is 0 Å². The first-order chi connectivity index (χ1) is 8.58. The molecule has 0 aliphatic heterocycles. The van der Waals surface area contributed by atoms with Gasteiger partial charge in [-0.1, -0.05) is 15.9 Å². The maximum atomic E-state index is 11.9. The minimum Gasteiger partial charge on any atom is -0.328 e. The van der Waals surface area contributed by atoms with E-state index in [2.05, 4.69) is 15.9 Å². The van der Waals surface area contributed by atoms with Crippen molar-refractivity contribution in [3.63, 3.8) is 0 Å². The van der Waals surface area contributed by atoms with Gasteiger partial charge in [0.05, 0.1) is 0 Å². The molecular formula is C14H19BrN2O. The van der Waals surface area contributed by atoms with Crippen LogP contribution in [0.1, 0.15) is 32.6 Å². The Morgan fingerprint density at radius 1 is 1.22 bits per heavy atom. The summed E-state index contributed by atoms with van der Waals surface area (Å²) in [4.78, 5) is 13.8. The monoisotopic (exact) mass is 310 g/mol. The predicted octanol–water partition coefficient (Wildman–Crippen LogP) is 3.07. The third-order valence-electron chi connectivity index (χ3n) is 3.55. The largest absolute Gasteiger partial charge is 0.328 e. The molecule has 4 heteroatoms. The van der Waals surface area contributed by atoms with Crippen LogP contribution in [0.3, 0.4) is 0 Å². The highest BCUT2D eigenvalue weighted by Gasteiger charge is 2.26. The van der Waals surface area contributed by atoms with Gasteiger partial charge >= 0.3 is 0 Å². The van der Waals surface area contributed by atoms with Gasteiger partial charge < -0.3 is 10.6 Å². The number of nitrogens with zero attached hydrogens (tertiary/aromatic N) is 1. The molecule has 0 heterocycles. The smallest absolute Gasteiger partial charge is 0.224 e. The van der Waals surface area contributed by atoms with Gasteiger partial charge in [-0.25, -0.2) is 0 Å². The lowest BCUT2D eigenvalue weighted by Crippen LogP contribution is -2.43. The average Bonchev–Trinajstić information content (AvgIpc) is 2.34. The zero-order valence-electron chi connectivity index (χ0n) is 10.6. The lowest BCUT2D eigenvalue weighted by molar-refractivity contribution is -0.117. The van der Waals surface area contributed by atoms with E-state index in [0.717, 1.165) is 35.8 Å². The molecule has 18 heavy (non-hydrogen) atoms. The SMILES string of the molecule is CC(=O)N(c1ccc(Br)cc1)C1CCC(N)CC1. The fourth-order valence-corrected chi connectivity index (χ4v) is 2.88. The van der Waals surface area contributed by atoms with Crippen molar-refractivity contribution in [2.45, 2.75) is 44.7 Å². The summed E-state index contributed by atoms with van der Waals surface area (Å²) in [6.07, 6.45) is 4.00. The first-order valence-corrected chi connectivity index (χ1v) is 7.18. The van der Waals surface area contributed by atoms with Crippen LogP contribution in [0.15, 0.2) is 28.7 Å². The van der Waals surface area contributed by atoms with Crippen LogP contribution < -0.4 is 10.6 Å². The number of hydrogen-bond acceptors (Lipinski definition) is 2. The van der Waals surface area contributed by atoms with Crippen molar-refractivity contribution in [2.24, 2.45) is 5.73 Å². The second-order valence-electron chi connectivity index (χ2n) is 4.93. The topological polar surface area (TPSA) is 46.3 Å². The zero-order valence-corrected chi connectivity index (χ0v) is 12.2. The van der Waals surface area contributed by atoms with Crippen molar-refractivity contribution in [3.8, 4) is 0 Å². The first kappa shape index (κ1) is 13.6. The molecule has 1 aromatic carbocycles. The maximum Gasteiger partial charge on any atom is 0.224 e. The second-order valence-corrected chi connectivity index (χ2v) is 5.85. The van der Waals surface area contributed by atoms with Crippen molar-refractivity contribution in [3.05, 3.63) is 28.7 Å². The first-order valence-electron chi connectivity index (χ1n) is 6.39. The molecule has 3 nitrogen and oxygen atoms in total. The number of nitrogens with two attached hydrogens (primary N) is 1. The Labute approximate surface area is 116 Å². The Hall–Kier alpha value is -0.870. The fourth-order valence-electron chi connectivity index (χ4n) is 2.61. The van der Waals surface area contributed by atoms with Crippen LogP contribution in [0.2, 0.25) is 0 Å². The Balaban J connectivity index is 2.18. The molecule has 0 radical (unpaired) electrons. The summed E-state index contributed by atoms with van der Waals surface area (Å²) in [7, 11) is 0. The molecule has 0 saturated heterocycles. The number of anilines is 1. The quantitative estimate of drug-likeness (QED) is 0.912. The van der Waals surface area contributed by atoms with Crippen LogP contribution in [-0.4, -0.2) is 18.0 Å². The zero-order chi connectivity index (χ0) is 13.1. The number of hydrogen-bond donors (Lipinski definition) is 1. The van der Waals surface area contributed by atoms with Crippen molar-refractivity contribution in [1.29, 1.82) is 0 Å². The summed E-state index contributed by atoms with van der Waals surface area (Å²) < 4.78 is 1.03. The molecule has 0 spiro atoms. The van der Waals surface area contributed by atoms with Gasteiger partial charge in [-0.3, -0.25) is 4.79 Å². The Bertz CT molecular complexity index is 410. The molecular weight excluding hydrogens is 292 g/mol. The van der Waals surface area contributed by atoms with Crippen LogP contribution in [0.4, 0.5) is 5.69 Å². The lowest BCUT2D eigenvalue weighted by atomic mass is 9.90. The molecule has 1 aromatic rings. The van der Waals surface area contributed by atoms with Gasteiger partial charge in [0.2, 0.25) is 5.91 Å². The van der Waals surface area contributed by atoms with Crippen LogP contribution in [0.5, 0.6) is 0 Å². The van der Waals surface area contributed by atoms with Gasteiger partial charge in [-0.05, 0) is 49.9 Å². The normalized spacial score (nSPS) is 23.7. The van der Waals surface area contributed by atoms with Crippen molar-refractivity contribution < 1.29 is 4.79 Å². The summed E-state index contributed by atoms with van der Waals surface area (Å²) in [5.74, 6) is 0.109. The minimum atomic E-state index is 0.109. The summed E-state index contributed by atoms with van der Waals surface area (Å²) >= 11 is 3.42. The molecule has 0 bridgehead atoms. The molecule has 2 N–H and O–H groups in total. The Morgan fingerprint density at radius 3 is 2.28 bits per heavy atom. The third kappa shape index (κ3) is 3.12. The van der Waals surface area contributed by atoms with E-state index in [1.165, 1.54) is 0 Å². The molecule has 0 aromatic heterocycles. The van der Waals surface area contributed by atoms with Gasteiger partial charge in [0.15, 0.2) is 0 Å². The van der Waals surface area contributed by atoms with Gasteiger partial charge in [0.25, 0.3) is 0 Å². The Kier molecular flexibility index (Phi) is 4.40. The van der Waals surface area contributed by atoms with Crippen LogP contribution in [0.25, 0.3) is 0 Å². The van der Waals surface area contributed by atoms with Crippen molar-refractivity contribution in [2.75, 3.05) is 4.90 Å². The number of benzene rings is 1. The van der Waals surface area contributed by atoms with Gasteiger partial charge in [-0.15, -0.1) is 0 Å². The molecule has 0 atom stereocenters. The minimum absolute atomic E-state index is 0.109. The average molecular weight is 311 g/mol. The lowest BCUT2D eigenvalue weighted by Gasteiger charge is -2.35. The second kappa shape index (κ2) is 5.85. The fraction of sp³-hybridized carbons (Fsp3) is 0.500. The summed E-state index contributed by atoms with van der Waals surface area (Å²) in [6.45, 7) is 1.64. The van der Waals surface area contributed by atoms with E-state index in [1.807, 2.05) is 29.2 Å². The molecule has 1 fully saturated rings. The van der Waals surface area contributed by atoms with Crippen LogP contribution in [0, 0.1) is 0 Å². The molecule has 98 valence electrons. The standard InChI is InChI=1S/C14H19BrN2O/c1-10(18)17(13-6-2-11(15)3-7-13)14-8-4-12(16)5-9-14/h2-3,6-7,12,14H,4-5,8-9,16H2,1H3. The number of rotatable bonds is 2. The maximum absolute atomic E-state index is 11.9. The third-order valence-corrected chi connectivity index (χ3v) is 4.08. The van der Waals surface area contributed by atoms with Crippen LogP contribution in [-0.2, 0) is 4.79 Å². The predicted molar refractivity (Wildman–Crippen MR) is 77.5 cm³/mol. The van der Waals surface area contributed by atoms with E-state index in [1.54, 1.807) is 6.92 Å². The molecule has 1 aliphatic rings. The van der Waals surface area contributed by atoms with E-state index in [4.69, 9.17) is 5.73 Å². The summed E-state index contributed by atoms with van der Waals surface area (Å²) in [5.41, 5.74) is 6.90. The highest BCUT2D eigenvalue weighted by Crippen LogP contribution is 2.28. The van der Waals surface area contributed by atoms with Gasteiger partial charge in [0.1, 0.15) is 0 Å².